The summed E-state index contributed by atoms with van der Waals surface area (Å²) >= 11 is 0. The molecule has 0 aromatic carbocycles. The Balaban J connectivity index is 3.37. The summed E-state index contributed by atoms with van der Waals surface area (Å²) in [4.78, 5) is 2.11. The van der Waals surface area contributed by atoms with E-state index in [0.29, 0.717) is 25.6 Å². The minimum absolute atomic E-state index is 0.165. The van der Waals surface area contributed by atoms with Gasteiger partial charge in [0.2, 0.25) is 0 Å². The lowest BCUT2D eigenvalue weighted by Gasteiger charge is -2.19. The first kappa shape index (κ1) is 19.8. The highest BCUT2D eigenvalue weighted by molar-refractivity contribution is 4.59. The van der Waals surface area contributed by atoms with Crippen LogP contribution in [-0.4, -0.2) is 72.8 Å². The van der Waals surface area contributed by atoms with Gasteiger partial charge in [-0.15, -0.1) is 0 Å². The highest BCUT2D eigenvalue weighted by atomic mass is 16.3. The van der Waals surface area contributed by atoms with Gasteiger partial charge in [0.25, 0.3) is 0 Å². The Hall–Kier alpha value is -0.200. The summed E-state index contributed by atoms with van der Waals surface area (Å²) < 4.78 is 0. The van der Waals surface area contributed by atoms with Crippen LogP contribution >= 0.6 is 0 Å². The summed E-state index contributed by atoms with van der Waals surface area (Å²) in [5.41, 5.74) is 0. The quantitative estimate of drug-likeness (QED) is 0.329. The Bertz CT molecular complexity index is 188. The van der Waals surface area contributed by atoms with Crippen molar-refractivity contribution in [3.63, 3.8) is 0 Å². The molecule has 1 atom stereocenters. The number of unbranched alkanes of at least 4 members (excludes halogenated alkanes) is 3. The summed E-state index contributed by atoms with van der Waals surface area (Å²) in [5, 5.41) is 29.7. The fourth-order valence-electron chi connectivity index (χ4n) is 2.33. The Morgan fingerprint density at radius 3 is 2.10 bits per heavy atom. The molecule has 0 aromatic rings. The molecule has 0 spiro atoms. The summed E-state index contributed by atoms with van der Waals surface area (Å²) in [6.45, 7) is 6.75. The van der Waals surface area contributed by atoms with Crippen LogP contribution in [0.15, 0.2) is 0 Å². The molecule has 0 saturated heterocycles. The van der Waals surface area contributed by atoms with Crippen LogP contribution in [0.2, 0.25) is 0 Å². The first-order chi connectivity index (χ1) is 9.74. The molecule has 0 radical (unpaired) electrons. The number of hydrogen-bond acceptors (Lipinski definition) is 5. The predicted molar refractivity (Wildman–Crippen MR) is 82.8 cm³/mol. The van der Waals surface area contributed by atoms with Gasteiger partial charge in [0.15, 0.2) is 0 Å². The third kappa shape index (κ3) is 12.8. The van der Waals surface area contributed by atoms with Crippen molar-refractivity contribution >= 4 is 0 Å². The molecule has 4 N–H and O–H groups in total. The number of aliphatic hydroxyl groups excluding tert-OH is 3. The van der Waals surface area contributed by atoms with E-state index in [1.807, 2.05) is 0 Å². The van der Waals surface area contributed by atoms with Gasteiger partial charge in [-0.3, -0.25) is 4.90 Å². The van der Waals surface area contributed by atoms with E-state index in [1.165, 1.54) is 25.7 Å². The molecule has 0 saturated carbocycles. The molecule has 0 rings (SSSR count). The zero-order valence-corrected chi connectivity index (χ0v) is 13.1. The van der Waals surface area contributed by atoms with Crippen LogP contribution in [0.25, 0.3) is 0 Å². The van der Waals surface area contributed by atoms with Crippen LogP contribution in [0.1, 0.15) is 39.0 Å². The minimum Gasteiger partial charge on any atom is -0.395 e. The number of aliphatic hydroxyl groups is 3. The van der Waals surface area contributed by atoms with E-state index in [4.69, 9.17) is 15.3 Å². The zero-order chi connectivity index (χ0) is 15.1. The van der Waals surface area contributed by atoms with E-state index >= 15 is 0 Å². The first-order valence-electron chi connectivity index (χ1n) is 8.00. The number of nitrogens with one attached hydrogen (secondary N) is 1. The summed E-state index contributed by atoms with van der Waals surface area (Å²) in [6, 6.07) is 0. The maximum atomic E-state index is 8.91. The third-order valence-corrected chi connectivity index (χ3v) is 3.54. The Morgan fingerprint density at radius 1 is 0.850 bits per heavy atom. The average Bonchev–Trinajstić information content (AvgIpc) is 2.43. The van der Waals surface area contributed by atoms with Crippen LogP contribution in [0.5, 0.6) is 0 Å². The van der Waals surface area contributed by atoms with E-state index in [9.17, 15) is 0 Å². The van der Waals surface area contributed by atoms with Gasteiger partial charge in [0, 0.05) is 19.6 Å². The molecule has 122 valence electrons. The lowest BCUT2D eigenvalue weighted by Crippen LogP contribution is -2.30. The molecule has 0 aliphatic rings. The van der Waals surface area contributed by atoms with E-state index in [-0.39, 0.29) is 19.8 Å². The fourth-order valence-corrected chi connectivity index (χ4v) is 2.33. The van der Waals surface area contributed by atoms with Gasteiger partial charge < -0.3 is 20.6 Å². The van der Waals surface area contributed by atoms with Gasteiger partial charge in [-0.2, -0.15) is 0 Å². The zero-order valence-electron chi connectivity index (χ0n) is 13.1. The molecule has 0 aliphatic heterocycles. The van der Waals surface area contributed by atoms with Crippen LogP contribution in [0.4, 0.5) is 0 Å². The van der Waals surface area contributed by atoms with E-state index < -0.39 is 0 Å². The summed E-state index contributed by atoms with van der Waals surface area (Å²) in [5.74, 6) is 0.668. The van der Waals surface area contributed by atoms with Gasteiger partial charge in [-0.25, -0.2) is 0 Å². The summed E-state index contributed by atoms with van der Waals surface area (Å²) in [7, 11) is 0. The minimum atomic E-state index is 0.165. The molecule has 0 unspecified atom stereocenters. The van der Waals surface area contributed by atoms with Gasteiger partial charge in [-0.05, 0) is 31.8 Å². The maximum Gasteiger partial charge on any atom is 0.0558 e. The molecule has 0 heterocycles. The predicted octanol–water partition coefficient (Wildman–Crippen LogP) is 0.442. The van der Waals surface area contributed by atoms with Gasteiger partial charge in [0.05, 0.1) is 19.8 Å². The topological polar surface area (TPSA) is 76.0 Å². The van der Waals surface area contributed by atoms with E-state index in [0.717, 1.165) is 19.5 Å². The maximum absolute atomic E-state index is 8.91. The smallest absolute Gasteiger partial charge is 0.0558 e. The van der Waals surface area contributed by atoms with Gasteiger partial charge in [0.1, 0.15) is 0 Å². The first-order valence-corrected chi connectivity index (χ1v) is 8.00. The second-order valence-corrected chi connectivity index (χ2v) is 5.52. The number of hydrogen-bond donors (Lipinski definition) is 4. The van der Waals surface area contributed by atoms with Crippen molar-refractivity contribution in [2.24, 2.45) is 5.92 Å². The van der Waals surface area contributed by atoms with Crippen molar-refractivity contribution in [2.75, 3.05) is 52.5 Å². The second kappa shape index (κ2) is 15.2. The molecule has 0 bridgehead atoms. The Labute approximate surface area is 124 Å². The Morgan fingerprint density at radius 2 is 1.50 bits per heavy atom. The molecule has 0 amide bonds. The molecule has 20 heavy (non-hydrogen) atoms. The standard InChI is InChI=1S/C15H34N2O3/c1-15(14-16-7-11-18)6-4-2-3-5-8-17(9-12-19)10-13-20/h15-16,18-20H,2-14H2,1H3/t15-/m0/s1. The SMILES string of the molecule is C[C@@H](CCCCCCN(CCO)CCO)CNCCO. The van der Waals surface area contributed by atoms with Crippen LogP contribution in [0.3, 0.4) is 0 Å². The second-order valence-electron chi connectivity index (χ2n) is 5.52. The molecule has 5 nitrogen and oxygen atoms in total. The van der Waals surface area contributed by atoms with Crippen molar-refractivity contribution < 1.29 is 15.3 Å². The molecule has 0 fully saturated rings. The van der Waals surface area contributed by atoms with Crippen molar-refractivity contribution in [3.8, 4) is 0 Å². The lowest BCUT2D eigenvalue weighted by atomic mass is 10.0. The third-order valence-electron chi connectivity index (χ3n) is 3.54. The molecule has 5 heteroatoms. The normalized spacial score (nSPS) is 13.1. The van der Waals surface area contributed by atoms with Crippen LogP contribution in [0, 0.1) is 5.92 Å². The van der Waals surface area contributed by atoms with Crippen molar-refractivity contribution in [2.45, 2.75) is 39.0 Å². The van der Waals surface area contributed by atoms with E-state index in [2.05, 4.69) is 17.1 Å². The highest BCUT2D eigenvalue weighted by Gasteiger charge is 2.04. The summed E-state index contributed by atoms with van der Waals surface area (Å²) in [6.07, 6.45) is 6.08. The lowest BCUT2D eigenvalue weighted by molar-refractivity contribution is 0.159. The largest absolute Gasteiger partial charge is 0.395 e. The van der Waals surface area contributed by atoms with Crippen molar-refractivity contribution in [3.05, 3.63) is 0 Å². The number of nitrogens with zero attached hydrogens (tertiary/aromatic N) is 1. The van der Waals surface area contributed by atoms with Gasteiger partial charge in [-0.1, -0.05) is 26.2 Å². The highest BCUT2D eigenvalue weighted by Crippen LogP contribution is 2.10. The molecular weight excluding hydrogens is 256 g/mol. The van der Waals surface area contributed by atoms with Crippen LogP contribution < -0.4 is 5.32 Å². The Kier molecular flexibility index (Phi) is 15.0. The number of rotatable bonds is 15. The average molecular weight is 290 g/mol. The molecule has 0 aromatic heterocycles. The fraction of sp³-hybridized carbons (Fsp3) is 1.00. The molecule has 0 aliphatic carbocycles. The van der Waals surface area contributed by atoms with Crippen molar-refractivity contribution in [1.82, 2.24) is 10.2 Å². The van der Waals surface area contributed by atoms with Crippen molar-refractivity contribution in [1.29, 1.82) is 0 Å². The van der Waals surface area contributed by atoms with Gasteiger partial charge >= 0.3 is 0 Å². The van der Waals surface area contributed by atoms with Crippen LogP contribution in [-0.2, 0) is 0 Å². The molecular formula is C15H34N2O3. The van der Waals surface area contributed by atoms with E-state index in [1.54, 1.807) is 0 Å². The monoisotopic (exact) mass is 290 g/mol.